The highest BCUT2D eigenvalue weighted by Crippen LogP contribution is 2.35. The Hall–Kier alpha value is -3.75. The van der Waals surface area contributed by atoms with Crippen molar-refractivity contribution < 1.29 is 28.8 Å². The van der Waals surface area contributed by atoms with Gasteiger partial charge in [-0.25, -0.2) is 0 Å². The minimum absolute atomic E-state index is 0.113. The number of carbonyl (C=O) groups is 3. The molecule has 9 nitrogen and oxygen atoms in total. The summed E-state index contributed by atoms with van der Waals surface area (Å²) in [6.45, 7) is -1.22. The second kappa shape index (κ2) is 7.94. The summed E-state index contributed by atoms with van der Waals surface area (Å²) in [5.41, 5.74) is 2.73. The molecule has 0 bridgehead atoms. The molecule has 2 aromatic carbocycles. The third-order valence-electron chi connectivity index (χ3n) is 5.17. The molecule has 0 unspecified atom stereocenters. The number of rotatable bonds is 6. The van der Waals surface area contributed by atoms with Crippen molar-refractivity contribution in [3.63, 3.8) is 0 Å². The van der Waals surface area contributed by atoms with Crippen LogP contribution in [-0.2, 0) is 27.2 Å². The monoisotopic (exact) mass is 410 g/mol. The molecule has 0 saturated heterocycles. The lowest BCUT2D eigenvalue weighted by Gasteiger charge is -2.28. The summed E-state index contributed by atoms with van der Waals surface area (Å²) < 4.78 is 10.3. The lowest BCUT2D eigenvalue weighted by molar-refractivity contribution is -0.384. The van der Waals surface area contributed by atoms with E-state index in [-0.39, 0.29) is 29.5 Å². The zero-order valence-corrected chi connectivity index (χ0v) is 16.0. The Morgan fingerprint density at radius 1 is 1.13 bits per heavy atom. The number of aryl methyl sites for hydroxylation is 2. The number of carbonyl (C=O) groups excluding carboxylic acids is 3. The topological polar surface area (TPSA) is 116 Å². The van der Waals surface area contributed by atoms with Gasteiger partial charge in [-0.1, -0.05) is 12.1 Å². The zero-order chi connectivity index (χ0) is 21.3. The van der Waals surface area contributed by atoms with Gasteiger partial charge in [0, 0.05) is 17.7 Å². The van der Waals surface area contributed by atoms with Gasteiger partial charge < -0.3 is 9.47 Å². The summed E-state index contributed by atoms with van der Waals surface area (Å²) in [4.78, 5) is 48.3. The maximum Gasteiger partial charge on any atom is 0.326 e. The molecule has 2 aromatic rings. The Bertz CT molecular complexity index is 1060. The van der Waals surface area contributed by atoms with E-state index in [1.54, 1.807) is 6.07 Å². The van der Waals surface area contributed by atoms with E-state index in [4.69, 9.17) is 9.47 Å². The van der Waals surface area contributed by atoms with Crippen LogP contribution in [-0.4, -0.2) is 42.3 Å². The Morgan fingerprint density at radius 3 is 2.73 bits per heavy atom. The number of anilines is 1. The van der Waals surface area contributed by atoms with Crippen LogP contribution < -0.4 is 9.64 Å². The normalized spacial score (nSPS) is 14.5. The molecule has 1 aliphatic heterocycles. The molecule has 0 aromatic heterocycles. The van der Waals surface area contributed by atoms with E-state index in [0.29, 0.717) is 5.56 Å². The van der Waals surface area contributed by atoms with Crippen molar-refractivity contribution in [1.29, 1.82) is 0 Å². The van der Waals surface area contributed by atoms with Crippen LogP contribution in [0.5, 0.6) is 5.75 Å². The van der Waals surface area contributed by atoms with E-state index >= 15 is 0 Å². The molecule has 0 fully saturated rings. The number of hydrogen-bond donors (Lipinski definition) is 0. The first-order valence-electron chi connectivity index (χ1n) is 9.44. The molecule has 30 heavy (non-hydrogen) atoms. The highest BCUT2D eigenvalue weighted by Gasteiger charge is 2.30. The number of esters is 1. The second-order valence-corrected chi connectivity index (χ2v) is 7.10. The number of nitro groups is 1. The van der Waals surface area contributed by atoms with Crippen LogP contribution in [0.4, 0.5) is 11.4 Å². The number of ether oxygens (including phenoxy) is 2. The largest absolute Gasteiger partial charge is 0.482 e. The number of amides is 1. The van der Waals surface area contributed by atoms with Crippen molar-refractivity contribution in [2.75, 3.05) is 24.7 Å². The summed E-state index contributed by atoms with van der Waals surface area (Å²) in [6, 6.07) is 9.26. The average Bonchev–Trinajstić information content (AvgIpc) is 3.21. The zero-order valence-electron chi connectivity index (χ0n) is 16.0. The first-order valence-corrected chi connectivity index (χ1v) is 9.44. The molecule has 1 heterocycles. The third kappa shape index (κ3) is 3.86. The number of nitro benzene ring substituents is 1. The minimum atomic E-state index is -0.794. The molecule has 9 heteroatoms. The fourth-order valence-electron chi connectivity index (χ4n) is 3.63. The molecule has 0 atom stereocenters. The third-order valence-corrected chi connectivity index (χ3v) is 5.17. The van der Waals surface area contributed by atoms with E-state index in [0.717, 1.165) is 35.8 Å². The number of Topliss-reactive ketones (excluding diaryl/α,β-unsaturated/α-hetero) is 1. The predicted molar refractivity (Wildman–Crippen MR) is 105 cm³/mol. The predicted octanol–water partition coefficient (Wildman–Crippen LogP) is 2.23. The van der Waals surface area contributed by atoms with Crippen LogP contribution in [0, 0.1) is 10.1 Å². The lowest BCUT2D eigenvalue weighted by atomic mass is 10.0. The van der Waals surface area contributed by atoms with Crippen LogP contribution in [0.25, 0.3) is 0 Å². The average molecular weight is 410 g/mol. The summed E-state index contributed by atoms with van der Waals surface area (Å²) in [5.74, 6) is -1.41. The quantitative estimate of drug-likeness (QED) is 0.310. The summed E-state index contributed by atoms with van der Waals surface area (Å²) in [5, 5.41) is 11.0. The van der Waals surface area contributed by atoms with Crippen LogP contribution in [0.3, 0.4) is 0 Å². The van der Waals surface area contributed by atoms with Crippen molar-refractivity contribution in [3.05, 3.63) is 63.2 Å². The van der Waals surface area contributed by atoms with Crippen molar-refractivity contribution in [1.82, 2.24) is 0 Å². The van der Waals surface area contributed by atoms with E-state index in [2.05, 4.69) is 0 Å². The number of fused-ring (bicyclic) bond motifs is 2. The van der Waals surface area contributed by atoms with Crippen molar-refractivity contribution >= 4 is 29.0 Å². The standard InChI is InChI=1S/C21H18N2O7/c24-18(15-5-4-13-2-1-3-14(13)8-15)11-30-21(26)10-22-17-9-16(23(27)28)6-7-19(17)29-12-20(22)25/h4-9H,1-3,10-12H2. The van der Waals surface area contributed by atoms with Gasteiger partial charge in [-0.3, -0.25) is 29.4 Å². The fourth-order valence-corrected chi connectivity index (χ4v) is 3.63. The van der Waals surface area contributed by atoms with Crippen molar-refractivity contribution in [2.24, 2.45) is 0 Å². The lowest BCUT2D eigenvalue weighted by Crippen LogP contribution is -2.42. The molecule has 1 amide bonds. The van der Waals surface area contributed by atoms with Gasteiger partial charge in [-0.05, 0) is 42.5 Å². The number of hydrogen-bond acceptors (Lipinski definition) is 7. The number of ketones is 1. The first kappa shape index (κ1) is 19.6. The van der Waals surface area contributed by atoms with Crippen molar-refractivity contribution in [2.45, 2.75) is 19.3 Å². The van der Waals surface area contributed by atoms with Gasteiger partial charge in [0.15, 0.2) is 19.0 Å². The SMILES string of the molecule is O=C(CN1C(=O)COc2ccc([N+](=O)[O-])cc21)OCC(=O)c1ccc2c(c1)CCC2. The van der Waals surface area contributed by atoms with Gasteiger partial charge in [0.1, 0.15) is 12.3 Å². The van der Waals surface area contributed by atoms with Crippen LogP contribution in [0.15, 0.2) is 36.4 Å². The highest BCUT2D eigenvalue weighted by molar-refractivity contribution is 6.02. The summed E-state index contributed by atoms with van der Waals surface area (Å²) in [6.07, 6.45) is 3.00. The highest BCUT2D eigenvalue weighted by atomic mass is 16.6. The van der Waals surface area contributed by atoms with Gasteiger partial charge >= 0.3 is 5.97 Å². The number of benzene rings is 2. The fraction of sp³-hybridized carbons (Fsp3) is 0.286. The molecule has 0 spiro atoms. The van der Waals surface area contributed by atoms with Crippen molar-refractivity contribution in [3.8, 4) is 5.75 Å². The summed E-state index contributed by atoms with van der Waals surface area (Å²) in [7, 11) is 0. The molecule has 0 saturated carbocycles. The number of non-ortho nitro benzene ring substituents is 1. The Labute approximate surface area is 171 Å². The molecule has 154 valence electrons. The van der Waals surface area contributed by atoms with E-state index in [1.165, 1.54) is 17.7 Å². The molecule has 2 aliphatic rings. The van der Waals surface area contributed by atoms with Crippen LogP contribution in [0.2, 0.25) is 0 Å². The van der Waals surface area contributed by atoms with Gasteiger partial charge in [0.05, 0.1) is 10.6 Å². The number of nitrogens with zero attached hydrogens (tertiary/aromatic N) is 2. The van der Waals surface area contributed by atoms with E-state index < -0.39 is 30.0 Å². The van der Waals surface area contributed by atoms with Gasteiger partial charge in [0.25, 0.3) is 11.6 Å². The Balaban J connectivity index is 1.42. The minimum Gasteiger partial charge on any atom is -0.482 e. The molecule has 4 rings (SSSR count). The molecular weight excluding hydrogens is 392 g/mol. The molecular formula is C21H18N2O7. The van der Waals surface area contributed by atoms with E-state index in [1.807, 2.05) is 12.1 Å². The van der Waals surface area contributed by atoms with Crippen LogP contribution >= 0.6 is 0 Å². The molecule has 1 aliphatic carbocycles. The maximum absolute atomic E-state index is 12.4. The Kier molecular flexibility index (Phi) is 5.18. The smallest absolute Gasteiger partial charge is 0.326 e. The van der Waals surface area contributed by atoms with Gasteiger partial charge in [0.2, 0.25) is 0 Å². The molecule has 0 radical (unpaired) electrons. The van der Waals surface area contributed by atoms with Gasteiger partial charge in [-0.15, -0.1) is 0 Å². The Morgan fingerprint density at radius 2 is 1.93 bits per heavy atom. The summed E-state index contributed by atoms with van der Waals surface area (Å²) >= 11 is 0. The second-order valence-electron chi connectivity index (χ2n) is 7.10. The molecule has 0 N–H and O–H groups in total. The van der Waals surface area contributed by atoms with E-state index in [9.17, 15) is 24.5 Å². The maximum atomic E-state index is 12.4. The first-order chi connectivity index (χ1) is 14.4. The van der Waals surface area contributed by atoms with Crippen LogP contribution in [0.1, 0.15) is 27.9 Å². The van der Waals surface area contributed by atoms with Gasteiger partial charge in [-0.2, -0.15) is 0 Å².